The lowest BCUT2D eigenvalue weighted by Gasteiger charge is -2.21. The SMILES string of the molecule is CN(CC(F)(F)F)c1ccc(CO)c(Br)c1. The lowest BCUT2D eigenvalue weighted by atomic mass is 10.2. The van der Waals surface area contributed by atoms with Gasteiger partial charge in [0.05, 0.1) is 6.61 Å². The maximum Gasteiger partial charge on any atom is 0.405 e. The van der Waals surface area contributed by atoms with Crippen LogP contribution in [0, 0.1) is 0 Å². The van der Waals surface area contributed by atoms with Gasteiger partial charge in [-0.1, -0.05) is 22.0 Å². The van der Waals surface area contributed by atoms with Gasteiger partial charge in [-0.05, 0) is 17.7 Å². The van der Waals surface area contributed by atoms with Crippen LogP contribution >= 0.6 is 15.9 Å². The highest BCUT2D eigenvalue weighted by molar-refractivity contribution is 9.10. The fourth-order valence-corrected chi connectivity index (χ4v) is 1.75. The summed E-state index contributed by atoms with van der Waals surface area (Å²) in [6.07, 6.45) is -4.23. The quantitative estimate of drug-likeness (QED) is 0.927. The van der Waals surface area contributed by atoms with Crippen LogP contribution in [0.4, 0.5) is 18.9 Å². The van der Waals surface area contributed by atoms with Gasteiger partial charge in [-0.2, -0.15) is 13.2 Å². The van der Waals surface area contributed by atoms with Gasteiger partial charge in [-0.3, -0.25) is 0 Å². The van der Waals surface area contributed by atoms with Crippen molar-refractivity contribution in [3.63, 3.8) is 0 Å². The number of aliphatic hydroxyl groups excluding tert-OH is 1. The van der Waals surface area contributed by atoms with Gasteiger partial charge in [-0.15, -0.1) is 0 Å². The number of nitrogens with zero attached hydrogens (tertiary/aromatic N) is 1. The van der Waals surface area contributed by atoms with Crippen LogP contribution in [0.3, 0.4) is 0 Å². The lowest BCUT2D eigenvalue weighted by Crippen LogP contribution is -2.30. The summed E-state index contributed by atoms with van der Waals surface area (Å²) in [5.74, 6) is 0. The monoisotopic (exact) mass is 297 g/mol. The first kappa shape index (κ1) is 13.3. The van der Waals surface area contributed by atoms with Crippen molar-refractivity contribution >= 4 is 21.6 Å². The molecule has 0 aromatic heterocycles. The minimum Gasteiger partial charge on any atom is -0.392 e. The molecule has 16 heavy (non-hydrogen) atoms. The van der Waals surface area contributed by atoms with Crippen molar-refractivity contribution in [2.45, 2.75) is 12.8 Å². The molecule has 1 N–H and O–H groups in total. The Balaban J connectivity index is 2.85. The molecule has 1 aromatic carbocycles. The maximum atomic E-state index is 12.1. The lowest BCUT2D eigenvalue weighted by molar-refractivity contribution is -0.119. The Morgan fingerprint density at radius 3 is 2.44 bits per heavy atom. The third-order valence-electron chi connectivity index (χ3n) is 2.06. The Morgan fingerprint density at radius 2 is 2.00 bits per heavy atom. The summed E-state index contributed by atoms with van der Waals surface area (Å²) >= 11 is 3.19. The molecule has 0 saturated heterocycles. The van der Waals surface area contributed by atoms with Crippen molar-refractivity contribution in [1.82, 2.24) is 0 Å². The molecule has 0 atom stereocenters. The zero-order chi connectivity index (χ0) is 12.3. The van der Waals surface area contributed by atoms with Gasteiger partial charge in [0, 0.05) is 17.2 Å². The number of anilines is 1. The molecule has 0 aliphatic heterocycles. The molecule has 2 nitrogen and oxygen atoms in total. The van der Waals surface area contributed by atoms with Crippen LogP contribution in [-0.2, 0) is 6.61 Å². The second-order valence-electron chi connectivity index (χ2n) is 3.41. The molecule has 0 spiro atoms. The number of halogens is 4. The van der Waals surface area contributed by atoms with Crippen molar-refractivity contribution in [3.8, 4) is 0 Å². The van der Waals surface area contributed by atoms with E-state index in [1.54, 1.807) is 18.2 Å². The van der Waals surface area contributed by atoms with E-state index in [2.05, 4.69) is 15.9 Å². The molecule has 0 fully saturated rings. The average molecular weight is 298 g/mol. The van der Waals surface area contributed by atoms with Crippen LogP contribution < -0.4 is 4.90 Å². The molecule has 0 bridgehead atoms. The summed E-state index contributed by atoms with van der Waals surface area (Å²) in [7, 11) is 1.37. The first-order chi connectivity index (χ1) is 7.33. The average Bonchev–Trinajstić information content (AvgIpc) is 2.15. The summed E-state index contributed by atoms with van der Waals surface area (Å²) in [6.45, 7) is -1.15. The first-order valence-electron chi connectivity index (χ1n) is 4.50. The van der Waals surface area contributed by atoms with E-state index in [1.807, 2.05) is 0 Å². The van der Waals surface area contributed by atoms with Crippen LogP contribution in [0.25, 0.3) is 0 Å². The van der Waals surface area contributed by atoms with Crippen molar-refractivity contribution in [1.29, 1.82) is 0 Å². The minimum atomic E-state index is -4.23. The van der Waals surface area contributed by atoms with E-state index in [-0.39, 0.29) is 6.61 Å². The van der Waals surface area contributed by atoms with E-state index >= 15 is 0 Å². The van der Waals surface area contributed by atoms with Crippen LogP contribution in [0.5, 0.6) is 0 Å². The molecule has 0 unspecified atom stereocenters. The van der Waals surface area contributed by atoms with Crippen molar-refractivity contribution < 1.29 is 18.3 Å². The summed E-state index contributed by atoms with van der Waals surface area (Å²) < 4.78 is 37.0. The fourth-order valence-electron chi connectivity index (χ4n) is 1.26. The minimum absolute atomic E-state index is 0.149. The number of alkyl halides is 3. The second-order valence-corrected chi connectivity index (χ2v) is 4.26. The summed E-state index contributed by atoms with van der Waals surface area (Å²) in [4.78, 5) is 1.10. The Morgan fingerprint density at radius 1 is 1.38 bits per heavy atom. The molecular formula is C10H11BrF3NO. The van der Waals surface area contributed by atoms with Gasteiger partial charge in [0.2, 0.25) is 0 Å². The van der Waals surface area contributed by atoms with Crippen LogP contribution in [0.2, 0.25) is 0 Å². The van der Waals surface area contributed by atoms with Crippen LogP contribution in [-0.4, -0.2) is 24.9 Å². The molecule has 0 amide bonds. The Kier molecular flexibility index (Phi) is 4.21. The van der Waals surface area contributed by atoms with Gasteiger partial charge >= 0.3 is 6.18 Å². The molecule has 0 aliphatic carbocycles. The zero-order valence-corrected chi connectivity index (χ0v) is 10.1. The number of hydrogen-bond acceptors (Lipinski definition) is 2. The number of rotatable bonds is 3. The molecule has 0 aliphatic rings. The molecule has 1 aromatic rings. The molecule has 0 radical (unpaired) electrons. The number of hydrogen-bond donors (Lipinski definition) is 1. The van der Waals surface area contributed by atoms with E-state index in [0.29, 0.717) is 15.7 Å². The number of aliphatic hydroxyl groups is 1. The zero-order valence-electron chi connectivity index (χ0n) is 8.55. The topological polar surface area (TPSA) is 23.5 Å². The highest BCUT2D eigenvalue weighted by Gasteiger charge is 2.29. The van der Waals surface area contributed by atoms with E-state index in [0.717, 1.165) is 4.90 Å². The van der Waals surface area contributed by atoms with Gasteiger partial charge in [0.25, 0.3) is 0 Å². The number of benzene rings is 1. The molecule has 0 heterocycles. The normalized spacial score (nSPS) is 11.6. The Labute approximate surface area is 99.8 Å². The highest BCUT2D eigenvalue weighted by Crippen LogP contribution is 2.26. The molecule has 90 valence electrons. The van der Waals surface area contributed by atoms with E-state index in [9.17, 15) is 13.2 Å². The standard InChI is InChI=1S/C10H11BrF3NO/c1-15(6-10(12,13)14)8-3-2-7(5-16)9(11)4-8/h2-4,16H,5-6H2,1H3. The maximum absolute atomic E-state index is 12.1. The van der Waals surface area contributed by atoms with Gasteiger partial charge in [0.1, 0.15) is 6.54 Å². The van der Waals surface area contributed by atoms with E-state index in [4.69, 9.17) is 5.11 Å². The smallest absolute Gasteiger partial charge is 0.392 e. The first-order valence-corrected chi connectivity index (χ1v) is 5.30. The third-order valence-corrected chi connectivity index (χ3v) is 2.80. The van der Waals surface area contributed by atoms with Gasteiger partial charge < -0.3 is 10.0 Å². The van der Waals surface area contributed by atoms with Gasteiger partial charge in [-0.25, -0.2) is 0 Å². The van der Waals surface area contributed by atoms with E-state index < -0.39 is 12.7 Å². The largest absolute Gasteiger partial charge is 0.405 e. The molecular weight excluding hydrogens is 287 g/mol. The van der Waals surface area contributed by atoms with E-state index in [1.165, 1.54) is 7.05 Å². The highest BCUT2D eigenvalue weighted by atomic mass is 79.9. The van der Waals surface area contributed by atoms with Crippen molar-refractivity contribution in [2.75, 3.05) is 18.5 Å². The van der Waals surface area contributed by atoms with Gasteiger partial charge in [0.15, 0.2) is 0 Å². The third kappa shape index (κ3) is 3.68. The van der Waals surface area contributed by atoms with Crippen molar-refractivity contribution in [2.24, 2.45) is 0 Å². The second kappa shape index (κ2) is 5.05. The molecule has 6 heteroatoms. The Hall–Kier alpha value is -0.750. The Bertz CT molecular complexity index is 368. The predicted molar refractivity (Wildman–Crippen MR) is 59.4 cm³/mol. The molecule has 1 rings (SSSR count). The predicted octanol–water partition coefficient (Wildman–Crippen LogP) is 2.94. The fraction of sp³-hybridized carbons (Fsp3) is 0.400. The summed E-state index contributed by atoms with van der Waals surface area (Å²) in [5, 5.41) is 8.91. The molecule has 0 saturated carbocycles. The van der Waals surface area contributed by atoms with Crippen LogP contribution in [0.1, 0.15) is 5.56 Å². The van der Waals surface area contributed by atoms with Crippen molar-refractivity contribution in [3.05, 3.63) is 28.2 Å². The summed E-state index contributed by atoms with van der Waals surface area (Å²) in [5.41, 5.74) is 1.09. The summed E-state index contributed by atoms with van der Waals surface area (Å²) in [6, 6.07) is 4.69. The van der Waals surface area contributed by atoms with Crippen LogP contribution in [0.15, 0.2) is 22.7 Å².